The molecule has 0 saturated heterocycles. The summed E-state index contributed by atoms with van der Waals surface area (Å²) in [4.78, 5) is 0. The number of rotatable bonds is 3. The largest absolute Gasteiger partial charge is 4.00 e. The second kappa shape index (κ2) is 8.62. The monoisotopic (exact) mass is 396 g/mol. The van der Waals surface area contributed by atoms with Crippen LogP contribution < -0.4 is 12.4 Å². The maximum Gasteiger partial charge on any atom is 4.00 e. The molecule has 0 atom stereocenters. The molecule has 0 aliphatic heterocycles. The fourth-order valence-electron chi connectivity index (χ4n) is 3.01. The summed E-state index contributed by atoms with van der Waals surface area (Å²) in [6.45, 7) is 0. The zero-order chi connectivity index (χ0) is 13.4. The standard InChI is InChI=1S/C20H16.CH3.ClH.Zr/c1-2-6-18-12-15(11-17(18)5-1)9-10-16-13-19-7-3-4-8-20(19)14-16;;;/h1-8,11-14H,9-10H2;1H3;1H;/q-2;-1;;+4/p-1. The normalized spacial score (nSPS) is 9.91. The first-order chi connectivity index (χ1) is 9.88. The third-order valence-electron chi connectivity index (χ3n) is 4.06. The van der Waals surface area contributed by atoms with E-state index >= 15 is 0 Å². The molecule has 0 heterocycles. The molecular weight excluding hydrogens is 379 g/mol. The summed E-state index contributed by atoms with van der Waals surface area (Å²) >= 11 is 0. The maximum absolute atomic E-state index is 2.32. The van der Waals surface area contributed by atoms with Crippen molar-refractivity contribution >= 4 is 21.5 Å². The second-order valence-corrected chi connectivity index (χ2v) is 5.49. The Bertz CT molecular complexity index is 729. The average Bonchev–Trinajstić information content (AvgIpc) is 3.07. The van der Waals surface area contributed by atoms with Gasteiger partial charge in [0, 0.05) is 0 Å². The van der Waals surface area contributed by atoms with Crippen LogP contribution in [0.1, 0.15) is 11.1 Å². The van der Waals surface area contributed by atoms with Crippen LogP contribution in [0.2, 0.25) is 0 Å². The Labute approximate surface area is 163 Å². The fourth-order valence-corrected chi connectivity index (χ4v) is 3.01. The molecule has 0 radical (unpaired) electrons. The van der Waals surface area contributed by atoms with E-state index in [1.54, 1.807) is 0 Å². The number of hydrogen-bond donors (Lipinski definition) is 0. The molecule has 0 saturated carbocycles. The number of benzene rings is 2. The molecule has 0 aliphatic carbocycles. The van der Waals surface area contributed by atoms with Crippen molar-refractivity contribution in [2.45, 2.75) is 12.8 Å². The van der Waals surface area contributed by atoms with Crippen LogP contribution in [0.4, 0.5) is 0 Å². The summed E-state index contributed by atoms with van der Waals surface area (Å²) in [5.41, 5.74) is 2.88. The van der Waals surface area contributed by atoms with E-state index in [0.717, 1.165) is 12.8 Å². The predicted molar refractivity (Wildman–Crippen MR) is 92.9 cm³/mol. The van der Waals surface area contributed by atoms with Gasteiger partial charge in [-0.25, -0.2) is 0 Å². The van der Waals surface area contributed by atoms with Gasteiger partial charge in [0.25, 0.3) is 0 Å². The molecule has 0 nitrogen and oxygen atoms in total. The molecule has 4 aromatic carbocycles. The Morgan fingerprint density at radius 2 is 1.04 bits per heavy atom. The number of fused-ring (bicyclic) bond motifs is 2. The molecule has 4 aromatic rings. The molecule has 0 N–H and O–H groups in total. The van der Waals surface area contributed by atoms with E-state index in [1.165, 1.54) is 32.7 Å². The van der Waals surface area contributed by atoms with E-state index in [4.69, 9.17) is 0 Å². The smallest absolute Gasteiger partial charge is 1.00 e. The number of aryl methyl sites for hydroxylation is 2. The van der Waals surface area contributed by atoms with Crippen molar-refractivity contribution in [3.63, 3.8) is 0 Å². The Morgan fingerprint density at radius 3 is 1.43 bits per heavy atom. The molecule has 0 unspecified atom stereocenters. The molecular formula is C21H19ClZr. The van der Waals surface area contributed by atoms with Gasteiger partial charge in [-0.15, -0.1) is 81.2 Å². The van der Waals surface area contributed by atoms with Crippen LogP contribution in [0.5, 0.6) is 0 Å². The van der Waals surface area contributed by atoms with Gasteiger partial charge in [-0.1, -0.05) is 12.1 Å². The van der Waals surface area contributed by atoms with Crippen molar-refractivity contribution < 1.29 is 38.6 Å². The van der Waals surface area contributed by atoms with Crippen LogP contribution in [-0.2, 0) is 39.0 Å². The second-order valence-electron chi connectivity index (χ2n) is 5.49. The van der Waals surface area contributed by atoms with Gasteiger partial charge >= 0.3 is 26.2 Å². The summed E-state index contributed by atoms with van der Waals surface area (Å²) < 4.78 is 0. The van der Waals surface area contributed by atoms with E-state index in [9.17, 15) is 0 Å². The summed E-state index contributed by atoms with van der Waals surface area (Å²) in [6, 6.07) is 26.5. The third-order valence-corrected chi connectivity index (χ3v) is 4.06. The first-order valence-electron chi connectivity index (χ1n) is 7.17. The Balaban J connectivity index is 0.000000882. The SMILES string of the molecule is [CH3-].[Cl-].[Zr+4].c1ccc2[cH-]c(CCc3cc4ccccc4[cH-]3)cc2c1. The molecule has 0 aromatic heterocycles. The van der Waals surface area contributed by atoms with Crippen molar-refractivity contribution in [1.29, 1.82) is 0 Å². The van der Waals surface area contributed by atoms with Gasteiger partial charge < -0.3 is 19.8 Å². The van der Waals surface area contributed by atoms with E-state index in [0.29, 0.717) is 0 Å². The zero-order valence-corrected chi connectivity index (χ0v) is 16.4. The van der Waals surface area contributed by atoms with Gasteiger partial charge in [0.2, 0.25) is 0 Å². The maximum atomic E-state index is 2.32. The van der Waals surface area contributed by atoms with E-state index < -0.39 is 0 Å². The first kappa shape index (κ1) is 19.9. The van der Waals surface area contributed by atoms with Crippen molar-refractivity contribution in [3.05, 3.63) is 91.3 Å². The van der Waals surface area contributed by atoms with E-state index in [2.05, 4.69) is 72.8 Å². The van der Waals surface area contributed by atoms with Crippen molar-refractivity contribution in [1.82, 2.24) is 0 Å². The van der Waals surface area contributed by atoms with Crippen LogP contribution >= 0.6 is 0 Å². The summed E-state index contributed by atoms with van der Waals surface area (Å²) in [5, 5.41) is 5.43. The van der Waals surface area contributed by atoms with Crippen LogP contribution in [-0.4, -0.2) is 0 Å². The Kier molecular flexibility index (Phi) is 7.45. The Morgan fingerprint density at radius 1 is 0.652 bits per heavy atom. The van der Waals surface area contributed by atoms with Gasteiger partial charge in [0.15, 0.2) is 0 Å². The number of hydrogen-bond acceptors (Lipinski definition) is 0. The van der Waals surface area contributed by atoms with Crippen LogP contribution in [0.15, 0.2) is 72.8 Å². The van der Waals surface area contributed by atoms with Gasteiger partial charge in [0.1, 0.15) is 0 Å². The van der Waals surface area contributed by atoms with Gasteiger partial charge in [-0.3, -0.25) is 0 Å². The topological polar surface area (TPSA) is 0 Å². The minimum atomic E-state index is 0. The molecule has 0 spiro atoms. The molecule has 23 heavy (non-hydrogen) atoms. The van der Waals surface area contributed by atoms with Crippen molar-refractivity contribution in [3.8, 4) is 0 Å². The Hall–Kier alpha value is -1.17. The average molecular weight is 398 g/mol. The fraction of sp³-hybridized carbons (Fsp3) is 0.0952. The van der Waals surface area contributed by atoms with Gasteiger partial charge in [-0.2, -0.15) is 12.1 Å². The quantitative estimate of drug-likeness (QED) is 0.466. The summed E-state index contributed by atoms with van der Waals surface area (Å²) in [5.74, 6) is 0. The number of halogens is 1. The molecule has 0 amide bonds. The summed E-state index contributed by atoms with van der Waals surface area (Å²) in [6.07, 6.45) is 2.23. The van der Waals surface area contributed by atoms with Crippen LogP contribution in [0, 0.1) is 7.43 Å². The first-order valence-corrected chi connectivity index (χ1v) is 7.17. The minimum Gasteiger partial charge on any atom is -1.00 e. The summed E-state index contributed by atoms with van der Waals surface area (Å²) in [7, 11) is 0. The molecule has 0 bridgehead atoms. The third kappa shape index (κ3) is 4.22. The van der Waals surface area contributed by atoms with E-state index in [1.807, 2.05) is 0 Å². The molecule has 2 heteroatoms. The van der Waals surface area contributed by atoms with Crippen molar-refractivity contribution in [2.75, 3.05) is 0 Å². The van der Waals surface area contributed by atoms with Crippen LogP contribution in [0.25, 0.3) is 21.5 Å². The molecule has 0 aliphatic rings. The van der Waals surface area contributed by atoms with Crippen molar-refractivity contribution in [2.24, 2.45) is 0 Å². The molecule has 4 rings (SSSR count). The molecule has 114 valence electrons. The van der Waals surface area contributed by atoms with Gasteiger partial charge in [0.05, 0.1) is 0 Å². The van der Waals surface area contributed by atoms with Crippen LogP contribution in [0.3, 0.4) is 0 Å². The zero-order valence-electron chi connectivity index (χ0n) is 13.2. The van der Waals surface area contributed by atoms with Gasteiger partial charge in [-0.05, 0) is 12.8 Å². The minimum absolute atomic E-state index is 0. The van der Waals surface area contributed by atoms with E-state index in [-0.39, 0.29) is 46.0 Å². The predicted octanol–water partition coefficient (Wildman–Crippen LogP) is 2.67. The molecule has 0 fully saturated rings.